The Morgan fingerprint density at radius 3 is 2.33 bits per heavy atom. The summed E-state index contributed by atoms with van der Waals surface area (Å²) in [5.41, 5.74) is 0. The first kappa shape index (κ1) is 12.8. The molecule has 1 rings (SSSR count). The van der Waals surface area contributed by atoms with Crippen molar-refractivity contribution < 1.29 is 9.53 Å². The predicted molar refractivity (Wildman–Crippen MR) is 62.0 cm³/mol. The van der Waals surface area contributed by atoms with Gasteiger partial charge in [-0.25, -0.2) is 0 Å². The third-order valence-electron chi connectivity index (χ3n) is 3.07. The molecule has 0 unspecified atom stereocenters. The van der Waals surface area contributed by atoms with Gasteiger partial charge in [-0.3, -0.25) is 4.79 Å². The van der Waals surface area contributed by atoms with Crippen LogP contribution in [0, 0.1) is 11.8 Å². The van der Waals surface area contributed by atoms with E-state index in [4.69, 9.17) is 16.3 Å². The Balaban J connectivity index is 2.23. The van der Waals surface area contributed by atoms with Crippen LogP contribution in [-0.2, 0) is 9.53 Å². The summed E-state index contributed by atoms with van der Waals surface area (Å²) >= 11 is 5.85. The Hall–Kier alpha value is -0.240. The van der Waals surface area contributed by atoms with E-state index in [9.17, 15) is 4.79 Å². The predicted octanol–water partition coefficient (Wildman–Crippen LogP) is 3.37. The highest BCUT2D eigenvalue weighted by Gasteiger charge is 2.27. The van der Waals surface area contributed by atoms with E-state index in [2.05, 4.69) is 6.92 Å². The first-order valence-electron chi connectivity index (χ1n) is 5.75. The summed E-state index contributed by atoms with van der Waals surface area (Å²) in [6.45, 7) is 6.16. The van der Waals surface area contributed by atoms with Crippen LogP contribution < -0.4 is 0 Å². The summed E-state index contributed by atoms with van der Waals surface area (Å²) in [5, 5.41) is 0. The van der Waals surface area contributed by atoms with Gasteiger partial charge in [-0.15, -0.1) is 11.6 Å². The van der Waals surface area contributed by atoms with E-state index in [1.807, 2.05) is 0 Å². The number of alkyl halides is 1. The Kier molecular flexibility index (Phi) is 4.45. The van der Waals surface area contributed by atoms with E-state index < -0.39 is 4.87 Å². The minimum atomic E-state index is -0.887. The van der Waals surface area contributed by atoms with Crippen LogP contribution in [0.5, 0.6) is 0 Å². The molecule has 1 fully saturated rings. The molecule has 1 aliphatic carbocycles. The molecule has 0 aliphatic heterocycles. The Labute approximate surface area is 97.3 Å². The Morgan fingerprint density at radius 2 is 1.87 bits per heavy atom. The molecule has 1 aliphatic rings. The molecule has 0 aromatic carbocycles. The molecule has 88 valence electrons. The number of ether oxygens (including phenoxy) is 1. The lowest BCUT2D eigenvalue weighted by molar-refractivity contribution is -0.147. The topological polar surface area (TPSA) is 26.3 Å². The molecule has 15 heavy (non-hydrogen) atoms. The monoisotopic (exact) mass is 232 g/mol. The van der Waals surface area contributed by atoms with Crippen molar-refractivity contribution in [3.05, 3.63) is 0 Å². The quantitative estimate of drug-likeness (QED) is 0.551. The molecule has 0 spiro atoms. The number of rotatable bonds is 3. The highest BCUT2D eigenvalue weighted by atomic mass is 35.5. The lowest BCUT2D eigenvalue weighted by Gasteiger charge is -2.26. The third-order valence-corrected chi connectivity index (χ3v) is 3.23. The van der Waals surface area contributed by atoms with Gasteiger partial charge in [0.2, 0.25) is 0 Å². The van der Waals surface area contributed by atoms with Crippen molar-refractivity contribution in [1.82, 2.24) is 0 Å². The summed E-state index contributed by atoms with van der Waals surface area (Å²) in [6, 6.07) is 0. The van der Waals surface area contributed by atoms with Crippen LogP contribution >= 0.6 is 11.6 Å². The summed E-state index contributed by atoms with van der Waals surface area (Å²) in [7, 11) is 0. The van der Waals surface area contributed by atoms with Crippen molar-refractivity contribution >= 4 is 17.6 Å². The summed E-state index contributed by atoms with van der Waals surface area (Å²) in [6.07, 6.45) is 4.87. The van der Waals surface area contributed by atoms with Gasteiger partial charge in [0.1, 0.15) is 4.87 Å². The van der Waals surface area contributed by atoms with Gasteiger partial charge in [0.25, 0.3) is 0 Å². The number of carbonyl (C=O) groups is 1. The Morgan fingerprint density at radius 1 is 1.33 bits per heavy atom. The van der Waals surface area contributed by atoms with Gasteiger partial charge in [0, 0.05) is 0 Å². The standard InChI is InChI=1S/C12H21ClO2/c1-9-4-6-10(7-5-9)8-15-11(14)12(2,3)13/h9-10H,4-8H2,1-3H3. The summed E-state index contributed by atoms with van der Waals surface area (Å²) in [5.74, 6) is 1.08. The van der Waals surface area contributed by atoms with Crippen molar-refractivity contribution in [2.75, 3.05) is 6.61 Å². The van der Waals surface area contributed by atoms with Crippen LogP contribution in [0.15, 0.2) is 0 Å². The number of hydrogen-bond acceptors (Lipinski definition) is 2. The first-order valence-corrected chi connectivity index (χ1v) is 6.13. The highest BCUT2D eigenvalue weighted by molar-refractivity contribution is 6.33. The molecule has 0 bridgehead atoms. The highest BCUT2D eigenvalue weighted by Crippen LogP contribution is 2.28. The molecule has 0 atom stereocenters. The SMILES string of the molecule is CC1CCC(COC(=O)C(C)(C)Cl)CC1. The van der Waals surface area contributed by atoms with E-state index in [0.717, 1.165) is 5.92 Å². The number of hydrogen-bond donors (Lipinski definition) is 0. The van der Waals surface area contributed by atoms with Gasteiger partial charge in [0.05, 0.1) is 6.61 Å². The summed E-state index contributed by atoms with van der Waals surface area (Å²) < 4.78 is 5.21. The van der Waals surface area contributed by atoms with Gasteiger partial charge in [0.15, 0.2) is 0 Å². The smallest absolute Gasteiger partial charge is 0.326 e. The average molecular weight is 233 g/mol. The van der Waals surface area contributed by atoms with E-state index in [-0.39, 0.29) is 5.97 Å². The fourth-order valence-electron chi connectivity index (χ4n) is 1.86. The third kappa shape index (κ3) is 4.42. The van der Waals surface area contributed by atoms with Gasteiger partial charge in [-0.05, 0) is 38.5 Å². The van der Waals surface area contributed by atoms with Gasteiger partial charge in [-0.2, -0.15) is 0 Å². The van der Waals surface area contributed by atoms with E-state index in [1.54, 1.807) is 13.8 Å². The van der Waals surface area contributed by atoms with Crippen LogP contribution in [-0.4, -0.2) is 17.5 Å². The molecule has 0 N–H and O–H groups in total. The molecule has 3 heteroatoms. The zero-order valence-corrected chi connectivity index (χ0v) is 10.6. The van der Waals surface area contributed by atoms with Gasteiger partial charge >= 0.3 is 5.97 Å². The second kappa shape index (κ2) is 5.20. The number of halogens is 1. The molecule has 2 nitrogen and oxygen atoms in total. The average Bonchev–Trinajstić information content (AvgIpc) is 2.15. The molecule has 0 radical (unpaired) electrons. The summed E-state index contributed by atoms with van der Waals surface area (Å²) in [4.78, 5) is 10.5. The second-order valence-corrected chi connectivity index (χ2v) is 6.14. The van der Waals surface area contributed by atoms with Crippen LogP contribution in [0.25, 0.3) is 0 Å². The van der Waals surface area contributed by atoms with Gasteiger partial charge in [-0.1, -0.05) is 19.8 Å². The molecule has 0 heterocycles. The lowest BCUT2D eigenvalue weighted by atomic mass is 9.83. The number of esters is 1. The molecular formula is C12H21ClO2. The maximum Gasteiger partial charge on any atom is 0.326 e. The maximum absolute atomic E-state index is 11.4. The van der Waals surface area contributed by atoms with Crippen molar-refractivity contribution in [1.29, 1.82) is 0 Å². The van der Waals surface area contributed by atoms with Crippen LogP contribution in [0.2, 0.25) is 0 Å². The normalized spacial score (nSPS) is 27.5. The minimum Gasteiger partial charge on any atom is -0.464 e. The van der Waals surface area contributed by atoms with Crippen molar-refractivity contribution in [3.8, 4) is 0 Å². The van der Waals surface area contributed by atoms with E-state index in [1.165, 1.54) is 25.7 Å². The fraction of sp³-hybridized carbons (Fsp3) is 0.917. The van der Waals surface area contributed by atoms with Crippen molar-refractivity contribution in [2.45, 2.75) is 51.3 Å². The minimum absolute atomic E-state index is 0.303. The zero-order valence-electron chi connectivity index (χ0n) is 9.88. The van der Waals surface area contributed by atoms with E-state index in [0.29, 0.717) is 12.5 Å². The molecular weight excluding hydrogens is 212 g/mol. The lowest BCUT2D eigenvalue weighted by Crippen LogP contribution is -2.29. The maximum atomic E-state index is 11.4. The Bertz CT molecular complexity index is 212. The molecule has 0 aromatic heterocycles. The van der Waals surface area contributed by atoms with Gasteiger partial charge < -0.3 is 4.74 Å². The largest absolute Gasteiger partial charge is 0.464 e. The molecule has 1 saturated carbocycles. The fourth-order valence-corrected chi connectivity index (χ4v) is 1.92. The second-order valence-electron chi connectivity index (χ2n) is 5.20. The van der Waals surface area contributed by atoms with Crippen molar-refractivity contribution in [3.63, 3.8) is 0 Å². The van der Waals surface area contributed by atoms with Crippen molar-refractivity contribution in [2.24, 2.45) is 11.8 Å². The zero-order chi connectivity index (χ0) is 11.5. The van der Waals surface area contributed by atoms with Crippen LogP contribution in [0.4, 0.5) is 0 Å². The molecule has 0 amide bonds. The van der Waals surface area contributed by atoms with Crippen LogP contribution in [0.3, 0.4) is 0 Å². The van der Waals surface area contributed by atoms with E-state index >= 15 is 0 Å². The molecule has 0 saturated heterocycles. The number of carbonyl (C=O) groups excluding carboxylic acids is 1. The first-order chi connectivity index (χ1) is 6.89. The molecule has 0 aromatic rings. The van der Waals surface area contributed by atoms with Crippen LogP contribution in [0.1, 0.15) is 46.5 Å².